The second-order valence-corrected chi connectivity index (χ2v) is 6.00. The highest BCUT2D eigenvalue weighted by Crippen LogP contribution is 2.22. The van der Waals surface area contributed by atoms with E-state index in [0.29, 0.717) is 0 Å². The third-order valence-electron chi connectivity index (χ3n) is 4.23. The molecule has 1 N–H and O–H groups in total. The van der Waals surface area contributed by atoms with Crippen molar-refractivity contribution in [3.63, 3.8) is 0 Å². The summed E-state index contributed by atoms with van der Waals surface area (Å²) in [6, 6.07) is 7.81. The molecule has 1 aliphatic heterocycles. The van der Waals surface area contributed by atoms with Crippen LogP contribution in [0.15, 0.2) is 30.5 Å². The van der Waals surface area contributed by atoms with Crippen LogP contribution in [0.4, 0.5) is 0 Å². The van der Waals surface area contributed by atoms with E-state index in [0.717, 1.165) is 29.6 Å². The number of carbonyl (C=O) groups excluding carboxylic acids is 1. The monoisotopic (exact) mass is 286 g/mol. The third kappa shape index (κ3) is 2.74. The molecule has 0 radical (unpaired) electrons. The van der Waals surface area contributed by atoms with Crippen LogP contribution < -0.4 is 0 Å². The highest BCUT2D eigenvalue weighted by atomic mass is 16.5. The lowest BCUT2D eigenvalue weighted by Crippen LogP contribution is -2.51. The largest absolute Gasteiger partial charge is 0.373 e. The van der Waals surface area contributed by atoms with Crippen LogP contribution in [0.2, 0.25) is 0 Å². The molecule has 1 aliphatic rings. The summed E-state index contributed by atoms with van der Waals surface area (Å²) >= 11 is 0. The normalized spacial score (nSPS) is 25.1. The van der Waals surface area contributed by atoms with Crippen LogP contribution in [0.5, 0.6) is 0 Å². The summed E-state index contributed by atoms with van der Waals surface area (Å²) in [5, 5.41) is 1.00. The molecule has 4 heteroatoms. The quantitative estimate of drug-likeness (QED) is 0.883. The summed E-state index contributed by atoms with van der Waals surface area (Å²) in [5.74, 6) is 0.175. The Hall–Kier alpha value is -1.65. The van der Waals surface area contributed by atoms with E-state index in [1.165, 1.54) is 0 Å². The number of benzene rings is 1. The SMILES string of the molecule is C[C@@H]1CN([C@@H](C)C(=O)c2c[nH]c3ccccc23)C[C@H](C)O1. The van der Waals surface area contributed by atoms with Gasteiger partial charge in [0, 0.05) is 35.8 Å². The molecule has 1 aromatic carbocycles. The number of ketones is 1. The number of carbonyl (C=O) groups is 1. The summed E-state index contributed by atoms with van der Waals surface area (Å²) in [4.78, 5) is 18.2. The van der Waals surface area contributed by atoms with E-state index in [1.54, 1.807) is 0 Å². The van der Waals surface area contributed by atoms with Gasteiger partial charge < -0.3 is 9.72 Å². The van der Waals surface area contributed by atoms with E-state index in [4.69, 9.17) is 4.74 Å². The maximum Gasteiger partial charge on any atom is 0.181 e. The number of hydrogen-bond acceptors (Lipinski definition) is 3. The van der Waals surface area contributed by atoms with Crippen molar-refractivity contribution in [1.82, 2.24) is 9.88 Å². The van der Waals surface area contributed by atoms with Gasteiger partial charge in [0.05, 0.1) is 18.2 Å². The molecule has 0 bridgehead atoms. The summed E-state index contributed by atoms with van der Waals surface area (Å²) in [5.41, 5.74) is 1.79. The van der Waals surface area contributed by atoms with Crippen LogP contribution in [0.1, 0.15) is 31.1 Å². The lowest BCUT2D eigenvalue weighted by Gasteiger charge is -2.38. The third-order valence-corrected chi connectivity index (χ3v) is 4.23. The van der Waals surface area contributed by atoms with Gasteiger partial charge >= 0.3 is 0 Å². The average Bonchev–Trinajstić information content (AvgIpc) is 2.88. The van der Waals surface area contributed by atoms with Crippen molar-refractivity contribution in [2.24, 2.45) is 0 Å². The second kappa shape index (κ2) is 5.62. The standard InChI is InChI=1S/C17H22N2O2/c1-11-9-19(10-12(2)21-11)13(3)17(20)15-8-18-16-7-5-4-6-14(15)16/h4-8,11-13,18H,9-10H2,1-3H3/t11-,12+,13-/m0/s1. The summed E-state index contributed by atoms with van der Waals surface area (Å²) in [7, 11) is 0. The van der Waals surface area contributed by atoms with Crippen LogP contribution in [-0.4, -0.2) is 47.0 Å². The number of aromatic nitrogens is 1. The molecule has 112 valence electrons. The maximum absolute atomic E-state index is 12.8. The summed E-state index contributed by atoms with van der Waals surface area (Å²) in [6.07, 6.45) is 2.18. The molecular formula is C17H22N2O2. The first-order valence-corrected chi connectivity index (χ1v) is 7.56. The van der Waals surface area contributed by atoms with E-state index in [-0.39, 0.29) is 24.0 Å². The number of fused-ring (bicyclic) bond motifs is 1. The van der Waals surface area contributed by atoms with Gasteiger partial charge in [-0.2, -0.15) is 0 Å². The number of hydrogen-bond donors (Lipinski definition) is 1. The predicted molar refractivity (Wildman–Crippen MR) is 83.7 cm³/mol. The predicted octanol–water partition coefficient (Wildman–Crippen LogP) is 2.85. The van der Waals surface area contributed by atoms with Gasteiger partial charge in [0.25, 0.3) is 0 Å². The van der Waals surface area contributed by atoms with Crippen molar-refractivity contribution in [3.05, 3.63) is 36.0 Å². The van der Waals surface area contributed by atoms with Crippen LogP contribution in [0, 0.1) is 0 Å². The minimum absolute atomic E-state index is 0.127. The van der Waals surface area contributed by atoms with Gasteiger partial charge in [-0.25, -0.2) is 0 Å². The first-order chi connectivity index (χ1) is 10.1. The summed E-state index contributed by atoms with van der Waals surface area (Å²) < 4.78 is 5.75. The van der Waals surface area contributed by atoms with Crippen molar-refractivity contribution >= 4 is 16.7 Å². The number of rotatable bonds is 3. The minimum atomic E-state index is -0.127. The van der Waals surface area contributed by atoms with Crippen molar-refractivity contribution in [1.29, 1.82) is 0 Å². The van der Waals surface area contributed by atoms with Gasteiger partial charge in [0.2, 0.25) is 0 Å². The molecule has 2 heterocycles. The van der Waals surface area contributed by atoms with E-state index in [1.807, 2.05) is 37.4 Å². The Kier molecular flexibility index (Phi) is 3.83. The molecular weight excluding hydrogens is 264 g/mol. The number of morpholine rings is 1. The van der Waals surface area contributed by atoms with Gasteiger partial charge in [0.1, 0.15) is 0 Å². The molecule has 1 fully saturated rings. The Labute approximate surface area is 125 Å². The van der Waals surface area contributed by atoms with Crippen molar-refractivity contribution in [2.75, 3.05) is 13.1 Å². The first-order valence-electron chi connectivity index (χ1n) is 7.56. The highest BCUT2D eigenvalue weighted by molar-refractivity contribution is 6.10. The van der Waals surface area contributed by atoms with Crippen molar-refractivity contribution in [3.8, 4) is 0 Å². The molecule has 2 aromatic rings. The number of para-hydroxylation sites is 1. The zero-order valence-electron chi connectivity index (χ0n) is 12.8. The average molecular weight is 286 g/mol. The molecule has 1 saturated heterocycles. The highest BCUT2D eigenvalue weighted by Gasteiger charge is 2.30. The number of Topliss-reactive ketones (excluding diaryl/α,β-unsaturated/α-hetero) is 1. The fraction of sp³-hybridized carbons (Fsp3) is 0.471. The molecule has 4 nitrogen and oxygen atoms in total. The topological polar surface area (TPSA) is 45.3 Å². The van der Waals surface area contributed by atoms with E-state index >= 15 is 0 Å². The van der Waals surface area contributed by atoms with Crippen LogP contribution >= 0.6 is 0 Å². The molecule has 0 saturated carbocycles. The maximum atomic E-state index is 12.8. The second-order valence-electron chi connectivity index (χ2n) is 6.00. The zero-order chi connectivity index (χ0) is 15.0. The zero-order valence-corrected chi connectivity index (χ0v) is 12.8. The molecule has 3 atom stereocenters. The summed E-state index contributed by atoms with van der Waals surface area (Å²) in [6.45, 7) is 7.73. The number of nitrogens with one attached hydrogen (secondary N) is 1. The van der Waals surface area contributed by atoms with Crippen LogP contribution in [0.25, 0.3) is 10.9 Å². The fourth-order valence-electron chi connectivity index (χ4n) is 3.20. The molecule has 0 unspecified atom stereocenters. The molecule has 3 rings (SSSR count). The number of H-pyrrole nitrogens is 1. The Balaban J connectivity index is 1.84. The van der Waals surface area contributed by atoms with Gasteiger partial charge in [0.15, 0.2) is 5.78 Å². The van der Waals surface area contributed by atoms with Crippen molar-refractivity contribution in [2.45, 2.75) is 39.0 Å². The lowest BCUT2D eigenvalue weighted by molar-refractivity contribution is -0.0744. The minimum Gasteiger partial charge on any atom is -0.373 e. The fourth-order valence-corrected chi connectivity index (χ4v) is 3.20. The number of aromatic amines is 1. The molecule has 0 amide bonds. The molecule has 21 heavy (non-hydrogen) atoms. The Morgan fingerprint density at radius 3 is 2.67 bits per heavy atom. The van der Waals surface area contributed by atoms with Crippen molar-refractivity contribution < 1.29 is 9.53 Å². The van der Waals surface area contributed by atoms with E-state index in [2.05, 4.69) is 23.7 Å². The number of nitrogens with zero attached hydrogens (tertiary/aromatic N) is 1. The van der Waals surface area contributed by atoms with Gasteiger partial charge in [-0.3, -0.25) is 9.69 Å². The molecule has 0 spiro atoms. The lowest BCUT2D eigenvalue weighted by atomic mass is 10.0. The van der Waals surface area contributed by atoms with Gasteiger partial charge in [-0.1, -0.05) is 18.2 Å². The first kappa shape index (κ1) is 14.3. The van der Waals surface area contributed by atoms with E-state index in [9.17, 15) is 4.79 Å². The van der Waals surface area contributed by atoms with Gasteiger partial charge in [-0.15, -0.1) is 0 Å². The van der Waals surface area contributed by atoms with Crippen LogP contribution in [0.3, 0.4) is 0 Å². The van der Waals surface area contributed by atoms with E-state index < -0.39 is 0 Å². The Morgan fingerprint density at radius 2 is 1.95 bits per heavy atom. The molecule has 1 aromatic heterocycles. The Bertz CT molecular complexity index is 639. The Morgan fingerprint density at radius 1 is 1.29 bits per heavy atom. The van der Waals surface area contributed by atoms with Crippen LogP contribution in [-0.2, 0) is 4.74 Å². The smallest absolute Gasteiger partial charge is 0.181 e. The van der Waals surface area contributed by atoms with Gasteiger partial charge in [-0.05, 0) is 26.8 Å². The number of ether oxygens (including phenoxy) is 1. The molecule has 0 aliphatic carbocycles.